The van der Waals surface area contributed by atoms with Gasteiger partial charge in [-0.2, -0.15) is 22.7 Å². The van der Waals surface area contributed by atoms with Crippen LogP contribution in [0.15, 0.2) is 107 Å². The Balaban J connectivity index is 1.30. The van der Waals surface area contributed by atoms with Crippen LogP contribution in [-0.4, -0.2) is 65.8 Å². The van der Waals surface area contributed by atoms with Crippen LogP contribution >= 0.6 is 0 Å². The van der Waals surface area contributed by atoms with Crippen LogP contribution in [0.25, 0.3) is 5.69 Å². The molecule has 0 bridgehead atoms. The molecule has 1 aromatic heterocycles. The SMILES string of the molecule is Cc1nn(-c2ccccc2)c2c1[C@@H](c1ccc(OC(F)F)cc1OC(F)F)N1C(=N2)C(N2CCN(c3ccc(F)cc3)CC2)=Nc2ccccc21. The predicted molar refractivity (Wildman–Crippen MR) is 183 cm³/mol. The zero-order chi connectivity index (χ0) is 35.2. The molecule has 1 saturated heterocycles. The molecule has 0 unspecified atom stereocenters. The number of hydrogen-bond donors (Lipinski definition) is 0. The normalized spacial score (nSPS) is 16.8. The number of benzene rings is 4. The van der Waals surface area contributed by atoms with E-state index in [0.717, 1.165) is 17.4 Å². The Labute approximate surface area is 289 Å². The van der Waals surface area contributed by atoms with Gasteiger partial charge in [0, 0.05) is 49.1 Å². The van der Waals surface area contributed by atoms with Crippen molar-refractivity contribution in [2.24, 2.45) is 9.98 Å². The fourth-order valence-corrected chi connectivity index (χ4v) is 6.90. The summed E-state index contributed by atoms with van der Waals surface area (Å²) in [5.74, 6) is 0.515. The number of amidine groups is 2. The molecule has 0 saturated carbocycles. The van der Waals surface area contributed by atoms with Gasteiger partial charge in [0.1, 0.15) is 17.3 Å². The van der Waals surface area contributed by atoms with Crippen molar-refractivity contribution in [2.45, 2.75) is 26.2 Å². The predicted octanol–water partition coefficient (Wildman–Crippen LogP) is 8.03. The second kappa shape index (κ2) is 13.1. The zero-order valence-electron chi connectivity index (χ0n) is 27.1. The van der Waals surface area contributed by atoms with Crippen LogP contribution in [-0.2, 0) is 0 Å². The molecule has 14 heteroatoms. The number of aliphatic imine (C=N–C) groups is 2. The molecule has 4 aromatic carbocycles. The lowest BCUT2D eigenvalue weighted by atomic mass is 9.92. The summed E-state index contributed by atoms with van der Waals surface area (Å²) >= 11 is 0. The Bertz CT molecular complexity index is 2130. The second-order valence-electron chi connectivity index (χ2n) is 12.1. The number of alkyl halides is 4. The van der Waals surface area contributed by atoms with E-state index in [9.17, 15) is 22.0 Å². The van der Waals surface area contributed by atoms with E-state index in [1.807, 2.05) is 66.4 Å². The molecule has 3 aliphatic heterocycles. The van der Waals surface area contributed by atoms with Gasteiger partial charge in [0.2, 0.25) is 0 Å². The van der Waals surface area contributed by atoms with Crippen LogP contribution in [0.4, 0.5) is 44.8 Å². The van der Waals surface area contributed by atoms with E-state index in [1.165, 1.54) is 24.3 Å². The number of piperazine rings is 1. The number of hydrogen-bond acceptors (Lipinski definition) is 8. The molecule has 51 heavy (non-hydrogen) atoms. The van der Waals surface area contributed by atoms with Gasteiger partial charge in [0.15, 0.2) is 17.5 Å². The highest BCUT2D eigenvalue weighted by atomic mass is 19.3. The molecule has 260 valence electrons. The molecule has 0 N–H and O–H groups in total. The van der Waals surface area contributed by atoms with Crippen molar-refractivity contribution in [3.63, 3.8) is 0 Å². The van der Waals surface area contributed by atoms with Crippen LogP contribution in [0.5, 0.6) is 11.5 Å². The molecule has 1 fully saturated rings. The standard InChI is InChI=1S/C37H30F5N7O2/c1-22-31-32(27-16-15-26(50-36(39)40)21-30(27)51-37(41)42)48-29-10-6-5-9-28(29)43-34(35(48)44-33(31)49(45-22)25-7-3-2-4-8-25)47-19-17-46(18-20-47)24-13-11-23(38)12-14-24/h2-16,21,32,36-37H,17-20H2,1H3/t32-/m1/s1. The third kappa shape index (κ3) is 6.00. The number of rotatable bonds is 7. The van der Waals surface area contributed by atoms with Crippen LogP contribution in [0, 0.1) is 12.7 Å². The van der Waals surface area contributed by atoms with Crippen LogP contribution in [0.3, 0.4) is 0 Å². The first kappa shape index (κ1) is 32.3. The molecule has 1 atom stereocenters. The molecule has 0 amide bonds. The molecule has 8 rings (SSSR count). The first-order valence-corrected chi connectivity index (χ1v) is 16.2. The quantitative estimate of drug-likeness (QED) is 0.160. The van der Waals surface area contributed by atoms with E-state index in [0.29, 0.717) is 66.3 Å². The minimum absolute atomic E-state index is 0.262. The fourth-order valence-electron chi connectivity index (χ4n) is 6.90. The van der Waals surface area contributed by atoms with Gasteiger partial charge in [-0.25, -0.2) is 19.1 Å². The van der Waals surface area contributed by atoms with Crippen molar-refractivity contribution in [1.29, 1.82) is 0 Å². The van der Waals surface area contributed by atoms with Gasteiger partial charge in [-0.1, -0.05) is 30.3 Å². The maximum Gasteiger partial charge on any atom is 0.387 e. The van der Waals surface area contributed by atoms with Gasteiger partial charge in [-0.05, 0) is 67.6 Å². The van der Waals surface area contributed by atoms with Crippen molar-refractivity contribution >= 4 is 34.6 Å². The number of halogens is 5. The Hall–Kier alpha value is -5.92. The summed E-state index contributed by atoms with van der Waals surface area (Å²) in [5.41, 5.74) is 4.37. The van der Waals surface area contributed by atoms with Crippen LogP contribution in [0.2, 0.25) is 0 Å². The Morgan fingerprint density at radius 1 is 0.706 bits per heavy atom. The Kier molecular flexibility index (Phi) is 8.28. The summed E-state index contributed by atoms with van der Waals surface area (Å²) in [6.07, 6.45) is 0. The van der Waals surface area contributed by atoms with Gasteiger partial charge >= 0.3 is 13.2 Å². The van der Waals surface area contributed by atoms with Crippen molar-refractivity contribution in [2.75, 3.05) is 36.0 Å². The zero-order valence-corrected chi connectivity index (χ0v) is 27.1. The lowest BCUT2D eigenvalue weighted by Crippen LogP contribution is -2.55. The maximum atomic E-state index is 14.0. The number of aromatic nitrogens is 2. The van der Waals surface area contributed by atoms with E-state index >= 15 is 0 Å². The lowest BCUT2D eigenvalue weighted by molar-refractivity contribution is -0.0547. The minimum atomic E-state index is -3.25. The summed E-state index contributed by atoms with van der Waals surface area (Å²) in [7, 11) is 0. The number of anilines is 2. The monoisotopic (exact) mass is 699 g/mol. The van der Waals surface area contributed by atoms with E-state index < -0.39 is 19.3 Å². The van der Waals surface area contributed by atoms with Crippen molar-refractivity contribution in [3.05, 3.63) is 120 Å². The number of ether oxygens (including phenoxy) is 2. The average molecular weight is 700 g/mol. The second-order valence-corrected chi connectivity index (χ2v) is 12.1. The van der Waals surface area contributed by atoms with Crippen LogP contribution in [0.1, 0.15) is 22.9 Å². The first-order valence-electron chi connectivity index (χ1n) is 16.2. The molecule has 0 radical (unpaired) electrons. The number of aryl methyl sites for hydroxylation is 1. The maximum absolute atomic E-state index is 14.0. The van der Waals surface area contributed by atoms with E-state index in [-0.39, 0.29) is 22.9 Å². The summed E-state index contributed by atoms with van der Waals surface area (Å²) in [6.45, 7) is -2.26. The van der Waals surface area contributed by atoms with Gasteiger partial charge in [0.25, 0.3) is 0 Å². The highest BCUT2D eigenvalue weighted by molar-refractivity contribution is 6.48. The van der Waals surface area contributed by atoms with Crippen molar-refractivity contribution in [1.82, 2.24) is 14.7 Å². The third-order valence-electron chi connectivity index (χ3n) is 9.11. The third-order valence-corrected chi connectivity index (χ3v) is 9.11. The number of nitrogens with zero attached hydrogens (tertiary/aromatic N) is 7. The van der Waals surface area contributed by atoms with Gasteiger partial charge in [0.05, 0.1) is 28.8 Å². The molecular weight excluding hydrogens is 669 g/mol. The minimum Gasteiger partial charge on any atom is -0.435 e. The highest BCUT2D eigenvalue weighted by Gasteiger charge is 2.44. The fraction of sp³-hybridized carbons (Fsp3) is 0.216. The molecule has 4 heterocycles. The van der Waals surface area contributed by atoms with Crippen LogP contribution < -0.4 is 19.3 Å². The molecule has 0 aliphatic carbocycles. The van der Waals surface area contributed by atoms with Gasteiger partial charge in [-0.15, -0.1) is 0 Å². The highest BCUT2D eigenvalue weighted by Crippen LogP contribution is 2.50. The lowest BCUT2D eigenvalue weighted by Gasteiger charge is -2.44. The summed E-state index contributed by atoms with van der Waals surface area (Å²) in [6, 6.07) is 26.2. The Morgan fingerprint density at radius 2 is 1.39 bits per heavy atom. The smallest absolute Gasteiger partial charge is 0.387 e. The van der Waals surface area contributed by atoms with E-state index in [2.05, 4.69) is 14.5 Å². The van der Waals surface area contributed by atoms with Crippen molar-refractivity contribution in [3.8, 4) is 17.2 Å². The number of para-hydroxylation sites is 3. The first-order chi connectivity index (χ1) is 24.7. The molecule has 5 aromatic rings. The molecular formula is C37H30F5N7O2. The summed E-state index contributed by atoms with van der Waals surface area (Å²) in [5, 5.41) is 4.87. The largest absolute Gasteiger partial charge is 0.435 e. The van der Waals surface area contributed by atoms with Gasteiger partial charge < -0.3 is 24.2 Å². The van der Waals surface area contributed by atoms with E-state index in [4.69, 9.17) is 19.8 Å². The van der Waals surface area contributed by atoms with Gasteiger partial charge in [-0.3, -0.25) is 0 Å². The van der Waals surface area contributed by atoms with E-state index in [1.54, 1.807) is 16.8 Å². The molecule has 9 nitrogen and oxygen atoms in total. The average Bonchev–Trinajstić information content (AvgIpc) is 3.46. The molecule has 3 aliphatic rings. The number of fused-ring (bicyclic) bond motifs is 4. The van der Waals surface area contributed by atoms with Crippen molar-refractivity contribution < 1.29 is 31.4 Å². The summed E-state index contributed by atoms with van der Waals surface area (Å²) in [4.78, 5) is 16.6. The Morgan fingerprint density at radius 3 is 2.12 bits per heavy atom. The summed E-state index contributed by atoms with van der Waals surface area (Å²) < 4.78 is 79.4. The topological polar surface area (TPSA) is 70.7 Å². The molecule has 0 spiro atoms.